The molecule has 3 rings (SSSR count). The van der Waals surface area contributed by atoms with E-state index in [0.29, 0.717) is 5.92 Å². The Kier molecular flexibility index (Phi) is 3.64. The van der Waals surface area contributed by atoms with E-state index < -0.39 is 0 Å². The topological polar surface area (TPSA) is 38.2 Å². The number of nitrogens with zero attached hydrogens (tertiary/aromatic N) is 3. The Morgan fingerprint density at radius 2 is 2.26 bits per heavy atom. The summed E-state index contributed by atoms with van der Waals surface area (Å²) in [6, 6.07) is 3.80. The van der Waals surface area contributed by atoms with Crippen LogP contribution in [0.3, 0.4) is 0 Å². The Hall–Kier alpha value is -1.62. The van der Waals surface area contributed by atoms with E-state index in [9.17, 15) is 0 Å². The highest BCUT2D eigenvalue weighted by molar-refractivity contribution is 7.15. The summed E-state index contributed by atoms with van der Waals surface area (Å²) in [5, 5.41) is 1.14. The van der Waals surface area contributed by atoms with Gasteiger partial charge in [0, 0.05) is 42.5 Å². The van der Waals surface area contributed by atoms with Crippen molar-refractivity contribution in [2.45, 2.75) is 13.3 Å². The van der Waals surface area contributed by atoms with E-state index in [-0.39, 0.29) is 0 Å². The molecule has 0 bridgehead atoms. The average molecular weight is 275 g/mol. The summed E-state index contributed by atoms with van der Waals surface area (Å²) in [6.45, 7) is 4.99. The van der Waals surface area contributed by atoms with Crippen molar-refractivity contribution in [2.75, 3.05) is 24.6 Å². The molecule has 5 heteroatoms. The molecular formula is C14H17N3OS. The summed E-state index contributed by atoms with van der Waals surface area (Å²) in [5.74, 6) is 1.48. The first-order valence-electron chi connectivity index (χ1n) is 6.51. The van der Waals surface area contributed by atoms with Gasteiger partial charge in [0.2, 0.25) is 0 Å². The first kappa shape index (κ1) is 12.4. The van der Waals surface area contributed by atoms with Crippen LogP contribution < -0.4 is 9.64 Å². The summed E-state index contributed by atoms with van der Waals surface area (Å²) < 4.78 is 5.80. The van der Waals surface area contributed by atoms with E-state index in [1.54, 1.807) is 23.7 Å². The fraction of sp³-hybridized carbons (Fsp3) is 0.429. The molecule has 19 heavy (non-hydrogen) atoms. The Morgan fingerprint density at radius 3 is 3.00 bits per heavy atom. The summed E-state index contributed by atoms with van der Waals surface area (Å²) in [6.07, 6.45) is 6.63. The minimum absolute atomic E-state index is 0.581. The number of anilines is 1. The van der Waals surface area contributed by atoms with E-state index in [4.69, 9.17) is 4.74 Å². The van der Waals surface area contributed by atoms with Gasteiger partial charge in [-0.3, -0.25) is 4.98 Å². The maximum absolute atomic E-state index is 5.80. The van der Waals surface area contributed by atoms with Gasteiger partial charge in [-0.05, 0) is 25.5 Å². The van der Waals surface area contributed by atoms with Crippen molar-refractivity contribution in [1.29, 1.82) is 0 Å². The maximum Gasteiger partial charge on any atom is 0.185 e. The van der Waals surface area contributed by atoms with Gasteiger partial charge in [-0.1, -0.05) is 0 Å². The normalized spacial score (nSPS) is 18.8. The number of pyridine rings is 1. The molecule has 4 nitrogen and oxygen atoms in total. The molecule has 3 heterocycles. The zero-order chi connectivity index (χ0) is 13.1. The lowest BCUT2D eigenvalue weighted by atomic mass is 10.1. The number of aromatic nitrogens is 2. The number of ether oxygens (including phenoxy) is 1. The number of hydrogen-bond donors (Lipinski definition) is 0. The molecule has 0 aliphatic carbocycles. The minimum atomic E-state index is 0.581. The molecule has 0 radical (unpaired) electrons. The number of aryl methyl sites for hydroxylation is 1. The van der Waals surface area contributed by atoms with Gasteiger partial charge in [0.05, 0.1) is 6.61 Å². The van der Waals surface area contributed by atoms with Crippen LogP contribution in [-0.2, 0) is 0 Å². The van der Waals surface area contributed by atoms with E-state index in [1.165, 1.54) is 11.3 Å². The maximum atomic E-state index is 5.80. The molecule has 1 atom stereocenters. The fourth-order valence-corrected chi connectivity index (χ4v) is 3.07. The van der Waals surface area contributed by atoms with Gasteiger partial charge in [0.15, 0.2) is 5.13 Å². The van der Waals surface area contributed by atoms with E-state index in [2.05, 4.69) is 21.8 Å². The van der Waals surface area contributed by atoms with Crippen molar-refractivity contribution in [3.05, 3.63) is 35.6 Å². The lowest BCUT2D eigenvalue weighted by Gasteiger charge is -2.15. The van der Waals surface area contributed by atoms with Gasteiger partial charge in [0.25, 0.3) is 0 Å². The Morgan fingerprint density at radius 1 is 1.42 bits per heavy atom. The average Bonchev–Trinajstić information content (AvgIpc) is 3.06. The predicted molar refractivity (Wildman–Crippen MR) is 76.9 cm³/mol. The molecule has 0 saturated carbocycles. The summed E-state index contributed by atoms with van der Waals surface area (Å²) in [4.78, 5) is 12.1. The summed E-state index contributed by atoms with van der Waals surface area (Å²) in [5.41, 5.74) is 0. The van der Waals surface area contributed by atoms with E-state index in [1.807, 2.05) is 18.3 Å². The van der Waals surface area contributed by atoms with Crippen LogP contribution in [0.25, 0.3) is 0 Å². The molecule has 1 unspecified atom stereocenters. The number of thiazole rings is 1. The van der Waals surface area contributed by atoms with Gasteiger partial charge in [-0.25, -0.2) is 4.98 Å². The number of rotatable bonds is 4. The van der Waals surface area contributed by atoms with Gasteiger partial charge >= 0.3 is 0 Å². The van der Waals surface area contributed by atoms with Crippen LogP contribution in [0, 0.1) is 12.8 Å². The van der Waals surface area contributed by atoms with Crippen LogP contribution in [0.5, 0.6) is 5.75 Å². The second kappa shape index (κ2) is 5.57. The largest absolute Gasteiger partial charge is 0.493 e. The molecule has 0 amide bonds. The van der Waals surface area contributed by atoms with Crippen molar-refractivity contribution in [2.24, 2.45) is 5.92 Å². The lowest BCUT2D eigenvalue weighted by Crippen LogP contribution is -2.21. The van der Waals surface area contributed by atoms with Crippen molar-refractivity contribution in [3.63, 3.8) is 0 Å². The first-order valence-corrected chi connectivity index (χ1v) is 7.33. The van der Waals surface area contributed by atoms with Crippen molar-refractivity contribution >= 4 is 16.5 Å². The molecule has 0 N–H and O–H groups in total. The van der Waals surface area contributed by atoms with Crippen LogP contribution in [0.4, 0.5) is 5.13 Å². The zero-order valence-corrected chi connectivity index (χ0v) is 11.8. The molecule has 1 fully saturated rings. The Balaban J connectivity index is 1.52. The van der Waals surface area contributed by atoms with Gasteiger partial charge < -0.3 is 9.64 Å². The van der Waals surface area contributed by atoms with Gasteiger partial charge in [0.1, 0.15) is 5.75 Å². The monoisotopic (exact) mass is 275 g/mol. The molecule has 1 saturated heterocycles. The Bertz CT molecular complexity index is 528. The third kappa shape index (κ3) is 3.04. The molecule has 1 aliphatic heterocycles. The zero-order valence-electron chi connectivity index (χ0n) is 11.0. The second-order valence-corrected chi connectivity index (χ2v) is 6.06. The SMILES string of the molecule is Cc1cnc(N2CCC(COc3ccncc3)C2)s1. The van der Waals surface area contributed by atoms with Crippen LogP contribution >= 0.6 is 11.3 Å². The highest BCUT2D eigenvalue weighted by Gasteiger charge is 2.24. The number of hydrogen-bond acceptors (Lipinski definition) is 5. The first-order chi connectivity index (χ1) is 9.31. The Labute approximate surface area is 117 Å². The summed E-state index contributed by atoms with van der Waals surface area (Å²) >= 11 is 1.77. The third-order valence-electron chi connectivity index (χ3n) is 3.30. The van der Waals surface area contributed by atoms with E-state index in [0.717, 1.165) is 30.6 Å². The highest BCUT2D eigenvalue weighted by atomic mass is 32.1. The quantitative estimate of drug-likeness (QED) is 0.860. The third-order valence-corrected chi connectivity index (χ3v) is 4.27. The molecular weight excluding hydrogens is 258 g/mol. The lowest BCUT2D eigenvalue weighted by molar-refractivity contribution is 0.261. The smallest absolute Gasteiger partial charge is 0.185 e. The predicted octanol–water partition coefficient (Wildman–Crippen LogP) is 2.75. The van der Waals surface area contributed by atoms with E-state index >= 15 is 0 Å². The molecule has 0 aromatic carbocycles. The molecule has 100 valence electrons. The second-order valence-electron chi connectivity index (χ2n) is 4.85. The van der Waals surface area contributed by atoms with Gasteiger partial charge in [-0.15, -0.1) is 11.3 Å². The van der Waals surface area contributed by atoms with Crippen molar-refractivity contribution in [1.82, 2.24) is 9.97 Å². The molecule has 1 aliphatic rings. The van der Waals surface area contributed by atoms with Crippen LogP contribution in [-0.4, -0.2) is 29.7 Å². The van der Waals surface area contributed by atoms with Crippen LogP contribution in [0.1, 0.15) is 11.3 Å². The molecule has 2 aromatic rings. The fourth-order valence-electron chi connectivity index (χ4n) is 2.28. The molecule has 0 spiro atoms. The highest BCUT2D eigenvalue weighted by Crippen LogP contribution is 2.27. The van der Waals surface area contributed by atoms with Crippen molar-refractivity contribution in [3.8, 4) is 5.75 Å². The molecule has 2 aromatic heterocycles. The van der Waals surface area contributed by atoms with Crippen molar-refractivity contribution < 1.29 is 4.74 Å². The van der Waals surface area contributed by atoms with Gasteiger partial charge in [-0.2, -0.15) is 0 Å². The summed E-state index contributed by atoms with van der Waals surface area (Å²) in [7, 11) is 0. The minimum Gasteiger partial charge on any atom is -0.493 e. The standard InChI is InChI=1S/C14H17N3OS/c1-11-8-16-14(19-11)17-7-4-12(9-17)10-18-13-2-5-15-6-3-13/h2-3,5-6,8,12H,4,7,9-10H2,1H3. The van der Waals surface area contributed by atoms with Crippen LogP contribution in [0.15, 0.2) is 30.7 Å². The van der Waals surface area contributed by atoms with Crippen LogP contribution in [0.2, 0.25) is 0 Å².